The zero-order chi connectivity index (χ0) is 19.5. The van der Waals surface area contributed by atoms with Crippen molar-refractivity contribution in [3.05, 3.63) is 95.5 Å². The van der Waals surface area contributed by atoms with Gasteiger partial charge < -0.3 is 9.88 Å². The minimum atomic E-state index is -0.389. The summed E-state index contributed by atoms with van der Waals surface area (Å²) in [5.74, 6) is -0.681. The van der Waals surface area contributed by atoms with E-state index in [1.165, 1.54) is 18.6 Å². The van der Waals surface area contributed by atoms with Gasteiger partial charge in [0.25, 0.3) is 5.91 Å². The summed E-state index contributed by atoms with van der Waals surface area (Å²) in [7, 11) is 0. The Morgan fingerprint density at radius 3 is 2.71 bits per heavy atom. The largest absolute Gasteiger partial charge is 0.348 e. The van der Waals surface area contributed by atoms with Gasteiger partial charge in [-0.3, -0.25) is 4.79 Å². The molecule has 1 amide bonds. The molecule has 8 heteroatoms. The fourth-order valence-electron chi connectivity index (χ4n) is 2.73. The van der Waals surface area contributed by atoms with Crippen molar-refractivity contribution in [3.63, 3.8) is 0 Å². The van der Waals surface area contributed by atoms with Crippen LogP contribution in [0.3, 0.4) is 0 Å². The second kappa shape index (κ2) is 7.66. The van der Waals surface area contributed by atoms with E-state index in [9.17, 15) is 9.18 Å². The van der Waals surface area contributed by atoms with Crippen molar-refractivity contribution in [2.75, 3.05) is 0 Å². The van der Waals surface area contributed by atoms with Crippen LogP contribution in [0.4, 0.5) is 4.39 Å². The minimum Gasteiger partial charge on any atom is -0.348 e. The molecule has 0 aliphatic heterocycles. The molecule has 6 nitrogen and oxygen atoms in total. The van der Waals surface area contributed by atoms with Crippen LogP contribution in [0.15, 0.2) is 73.6 Å². The fraction of sp³-hybridized carbons (Fsp3) is 0.0500. The SMILES string of the molecule is O=C(NCc1ccc(-n2ccnc2)c(F)c1)c1cnn(-c2ccc(Cl)cc2)c1. The van der Waals surface area contributed by atoms with Crippen molar-refractivity contribution in [1.29, 1.82) is 0 Å². The molecule has 2 heterocycles. The molecule has 140 valence electrons. The molecule has 0 radical (unpaired) electrons. The van der Waals surface area contributed by atoms with Gasteiger partial charge in [0.05, 0.1) is 29.5 Å². The first-order valence-electron chi connectivity index (χ1n) is 8.46. The van der Waals surface area contributed by atoms with Crippen molar-refractivity contribution in [1.82, 2.24) is 24.6 Å². The predicted octanol–water partition coefficient (Wildman–Crippen LogP) is 3.78. The number of rotatable bonds is 5. The molecule has 4 rings (SSSR count). The van der Waals surface area contributed by atoms with E-state index >= 15 is 0 Å². The van der Waals surface area contributed by atoms with Gasteiger partial charge in [0.1, 0.15) is 5.82 Å². The van der Waals surface area contributed by atoms with E-state index in [-0.39, 0.29) is 18.3 Å². The molecule has 0 spiro atoms. The lowest BCUT2D eigenvalue weighted by molar-refractivity contribution is 0.0951. The van der Waals surface area contributed by atoms with E-state index in [2.05, 4.69) is 15.4 Å². The van der Waals surface area contributed by atoms with E-state index < -0.39 is 0 Å². The lowest BCUT2D eigenvalue weighted by Gasteiger charge is -2.08. The average Bonchev–Trinajstić information content (AvgIpc) is 3.39. The molecular weight excluding hydrogens is 381 g/mol. The van der Waals surface area contributed by atoms with Gasteiger partial charge in [-0.2, -0.15) is 5.10 Å². The molecule has 0 atom stereocenters. The summed E-state index contributed by atoms with van der Waals surface area (Å²) in [6, 6.07) is 11.9. The predicted molar refractivity (Wildman–Crippen MR) is 103 cm³/mol. The number of hydrogen-bond donors (Lipinski definition) is 1. The number of amides is 1. The van der Waals surface area contributed by atoms with E-state index in [4.69, 9.17) is 11.6 Å². The Balaban J connectivity index is 1.42. The van der Waals surface area contributed by atoms with Gasteiger partial charge in [-0.05, 0) is 42.0 Å². The van der Waals surface area contributed by atoms with Crippen molar-refractivity contribution in [2.24, 2.45) is 0 Å². The summed E-state index contributed by atoms with van der Waals surface area (Å²) in [4.78, 5) is 16.3. The molecule has 0 saturated heterocycles. The van der Waals surface area contributed by atoms with Gasteiger partial charge >= 0.3 is 0 Å². The zero-order valence-corrected chi connectivity index (χ0v) is 15.3. The molecule has 2 aromatic carbocycles. The second-order valence-corrected chi connectivity index (χ2v) is 6.52. The second-order valence-electron chi connectivity index (χ2n) is 6.09. The van der Waals surface area contributed by atoms with E-state index in [1.807, 2.05) is 12.1 Å². The first-order chi connectivity index (χ1) is 13.6. The highest BCUT2D eigenvalue weighted by Gasteiger charge is 2.11. The summed E-state index contributed by atoms with van der Waals surface area (Å²) in [6.07, 6.45) is 7.88. The van der Waals surface area contributed by atoms with Crippen LogP contribution < -0.4 is 5.32 Å². The highest BCUT2D eigenvalue weighted by Crippen LogP contribution is 2.16. The minimum absolute atomic E-state index is 0.200. The van der Waals surface area contributed by atoms with Gasteiger partial charge in [0, 0.05) is 30.2 Å². The Labute approximate surface area is 165 Å². The molecule has 4 aromatic rings. The molecule has 2 aromatic heterocycles. The standard InChI is InChI=1S/C20H15ClFN5O/c21-16-2-4-17(5-3-16)27-12-15(11-25-27)20(28)24-10-14-1-6-19(18(22)9-14)26-8-7-23-13-26/h1-9,11-13H,10H2,(H,24,28). The highest BCUT2D eigenvalue weighted by molar-refractivity contribution is 6.30. The lowest BCUT2D eigenvalue weighted by Crippen LogP contribution is -2.22. The smallest absolute Gasteiger partial charge is 0.254 e. The Kier molecular flexibility index (Phi) is 4.90. The van der Waals surface area contributed by atoms with Gasteiger partial charge in [0.15, 0.2) is 0 Å². The van der Waals surface area contributed by atoms with Crippen LogP contribution in [0, 0.1) is 5.82 Å². The third kappa shape index (κ3) is 3.79. The molecule has 1 N–H and O–H groups in total. The molecule has 0 saturated carbocycles. The maximum atomic E-state index is 14.3. The lowest BCUT2D eigenvalue weighted by atomic mass is 10.2. The van der Waals surface area contributed by atoms with Crippen LogP contribution in [0.2, 0.25) is 5.02 Å². The Morgan fingerprint density at radius 2 is 2.00 bits per heavy atom. The van der Waals surface area contributed by atoms with Crippen LogP contribution >= 0.6 is 11.6 Å². The van der Waals surface area contributed by atoms with Gasteiger partial charge in [-0.25, -0.2) is 14.1 Å². The third-order valence-corrected chi connectivity index (χ3v) is 4.44. The van der Waals surface area contributed by atoms with Crippen LogP contribution in [-0.4, -0.2) is 25.2 Å². The number of hydrogen-bond acceptors (Lipinski definition) is 3. The van der Waals surface area contributed by atoms with Gasteiger partial charge in [-0.1, -0.05) is 17.7 Å². The van der Waals surface area contributed by atoms with E-state index in [0.717, 1.165) is 5.69 Å². The summed E-state index contributed by atoms with van der Waals surface area (Å²) >= 11 is 5.88. The Bertz CT molecular complexity index is 1110. The normalized spacial score (nSPS) is 10.8. The summed E-state index contributed by atoms with van der Waals surface area (Å²) < 4.78 is 17.5. The molecule has 0 bridgehead atoms. The van der Waals surface area contributed by atoms with Crippen LogP contribution in [0.1, 0.15) is 15.9 Å². The summed E-state index contributed by atoms with van der Waals surface area (Å²) in [6.45, 7) is 0.200. The Morgan fingerprint density at radius 1 is 1.18 bits per heavy atom. The topological polar surface area (TPSA) is 64.7 Å². The zero-order valence-electron chi connectivity index (χ0n) is 14.6. The van der Waals surface area contributed by atoms with Gasteiger partial charge in [0.2, 0.25) is 0 Å². The number of nitrogens with zero attached hydrogens (tertiary/aromatic N) is 4. The monoisotopic (exact) mass is 395 g/mol. The quantitative estimate of drug-likeness (QED) is 0.559. The number of carbonyl (C=O) groups excluding carboxylic acids is 1. The average molecular weight is 396 g/mol. The number of nitrogens with one attached hydrogen (secondary N) is 1. The third-order valence-electron chi connectivity index (χ3n) is 4.18. The van der Waals surface area contributed by atoms with Crippen molar-refractivity contribution < 1.29 is 9.18 Å². The van der Waals surface area contributed by atoms with E-state index in [1.54, 1.807) is 52.1 Å². The van der Waals surface area contributed by atoms with Crippen molar-refractivity contribution in [3.8, 4) is 11.4 Å². The maximum Gasteiger partial charge on any atom is 0.254 e. The maximum absolute atomic E-state index is 14.3. The van der Waals surface area contributed by atoms with Crippen LogP contribution in [0.5, 0.6) is 0 Å². The van der Waals surface area contributed by atoms with Crippen molar-refractivity contribution in [2.45, 2.75) is 6.54 Å². The number of carbonyl (C=O) groups is 1. The summed E-state index contributed by atoms with van der Waals surface area (Å²) in [5, 5.41) is 7.59. The molecule has 0 aliphatic carbocycles. The summed E-state index contributed by atoms with van der Waals surface area (Å²) in [5.41, 5.74) is 2.25. The number of halogens is 2. The number of benzene rings is 2. The number of imidazole rings is 1. The van der Waals surface area contributed by atoms with Crippen molar-refractivity contribution >= 4 is 17.5 Å². The fourth-order valence-corrected chi connectivity index (χ4v) is 2.86. The highest BCUT2D eigenvalue weighted by atomic mass is 35.5. The van der Waals surface area contributed by atoms with Crippen LogP contribution in [0.25, 0.3) is 11.4 Å². The Hall–Kier alpha value is -3.45. The molecular formula is C20H15ClFN5O. The molecule has 28 heavy (non-hydrogen) atoms. The number of aromatic nitrogens is 4. The molecule has 0 aliphatic rings. The first kappa shape index (κ1) is 17.9. The first-order valence-corrected chi connectivity index (χ1v) is 8.83. The molecule has 0 unspecified atom stereocenters. The van der Waals surface area contributed by atoms with Gasteiger partial charge in [-0.15, -0.1) is 0 Å². The molecule has 0 fully saturated rings. The van der Waals surface area contributed by atoms with Crippen LogP contribution in [-0.2, 0) is 6.54 Å². The van der Waals surface area contributed by atoms with E-state index in [0.29, 0.717) is 21.8 Å².